The fourth-order valence-electron chi connectivity index (χ4n) is 6.56. The Hall–Kier alpha value is -2.37. The number of allylic oxidation sites excluding steroid dienone is 2. The van der Waals surface area contributed by atoms with Crippen LogP contribution in [0.25, 0.3) is 0 Å². The molecular weight excluding hydrogens is 604 g/mol. The van der Waals surface area contributed by atoms with E-state index in [0.29, 0.717) is 44.0 Å². The number of carbonyl (C=O) groups is 4. The highest BCUT2D eigenvalue weighted by Gasteiger charge is 2.42. The van der Waals surface area contributed by atoms with Gasteiger partial charge in [-0.25, -0.2) is 4.79 Å². The van der Waals surface area contributed by atoms with Gasteiger partial charge < -0.3 is 31.5 Å². The Morgan fingerprint density at radius 1 is 0.957 bits per heavy atom. The summed E-state index contributed by atoms with van der Waals surface area (Å²) in [5.74, 6) is 0.628. The molecule has 0 aromatic heterocycles. The van der Waals surface area contributed by atoms with Gasteiger partial charge in [-0.3, -0.25) is 14.4 Å². The first-order valence-electron chi connectivity index (χ1n) is 17.7. The maximum Gasteiger partial charge on any atom is 0.315 e. The summed E-state index contributed by atoms with van der Waals surface area (Å²) in [6.07, 6.45) is 18.9. The Bertz CT molecular complexity index is 1020. The van der Waals surface area contributed by atoms with Crippen molar-refractivity contribution in [2.75, 3.05) is 18.8 Å². The fraction of sp³-hybridized carbons (Fsp3) is 0.771. The van der Waals surface area contributed by atoms with E-state index in [1.807, 2.05) is 30.0 Å². The second kappa shape index (κ2) is 21.5. The van der Waals surface area contributed by atoms with E-state index in [9.17, 15) is 29.4 Å². The molecule has 1 saturated carbocycles. The van der Waals surface area contributed by atoms with Crippen molar-refractivity contribution >= 4 is 35.4 Å². The van der Waals surface area contributed by atoms with Gasteiger partial charge in [-0.1, -0.05) is 56.9 Å². The molecule has 6 N–H and O–H groups in total. The van der Waals surface area contributed by atoms with Gasteiger partial charge in [0.1, 0.15) is 5.78 Å². The molecule has 4 amide bonds. The van der Waals surface area contributed by atoms with Crippen LogP contribution < -0.4 is 21.3 Å². The highest BCUT2D eigenvalue weighted by Crippen LogP contribution is 2.34. The normalized spacial score (nSPS) is 26.4. The molecule has 3 fully saturated rings. The third kappa shape index (κ3) is 13.8. The van der Waals surface area contributed by atoms with Crippen LogP contribution in [0.2, 0.25) is 0 Å². The Kier molecular flexibility index (Phi) is 17.8. The topological polar surface area (TPSA) is 157 Å². The predicted octanol–water partition coefficient (Wildman–Crippen LogP) is 4.30. The molecule has 7 atom stereocenters. The summed E-state index contributed by atoms with van der Waals surface area (Å²) in [5.41, 5.74) is 0. The van der Waals surface area contributed by atoms with Crippen LogP contribution in [0.5, 0.6) is 0 Å². The average Bonchev–Trinajstić information content (AvgIpc) is 3.66. The van der Waals surface area contributed by atoms with Crippen molar-refractivity contribution in [1.82, 2.24) is 21.3 Å². The van der Waals surface area contributed by atoms with E-state index in [1.165, 1.54) is 0 Å². The zero-order chi connectivity index (χ0) is 33.1. The molecule has 2 heterocycles. The van der Waals surface area contributed by atoms with E-state index in [0.717, 1.165) is 76.4 Å². The summed E-state index contributed by atoms with van der Waals surface area (Å²) in [4.78, 5) is 48.2. The minimum Gasteiger partial charge on any atom is -0.392 e. The molecule has 2 aliphatic heterocycles. The molecule has 3 rings (SSSR count). The van der Waals surface area contributed by atoms with Crippen LogP contribution in [0.15, 0.2) is 24.3 Å². The summed E-state index contributed by atoms with van der Waals surface area (Å²) in [7, 11) is 0. The van der Waals surface area contributed by atoms with Crippen molar-refractivity contribution in [3.63, 3.8) is 0 Å². The first-order chi connectivity index (χ1) is 22.3. The van der Waals surface area contributed by atoms with Crippen LogP contribution in [0, 0.1) is 11.8 Å². The number of urea groups is 1. The first-order valence-corrected chi connectivity index (χ1v) is 18.8. The number of nitrogens with one attached hydrogen (secondary N) is 4. The van der Waals surface area contributed by atoms with Crippen LogP contribution in [-0.4, -0.2) is 82.2 Å². The van der Waals surface area contributed by atoms with E-state index < -0.39 is 12.2 Å². The van der Waals surface area contributed by atoms with E-state index in [4.69, 9.17) is 0 Å². The van der Waals surface area contributed by atoms with Gasteiger partial charge in [0.15, 0.2) is 0 Å². The summed E-state index contributed by atoms with van der Waals surface area (Å²) >= 11 is 1.90. The third-order valence-corrected chi connectivity index (χ3v) is 10.8. The Labute approximate surface area is 279 Å². The highest BCUT2D eigenvalue weighted by molar-refractivity contribution is 8.00. The van der Waals surface area contributed by atoms with E-state index in [1.54, 1.807) is 6.08 Å². The van der Waals surface area contributed by atoms with Gasteiger partial charge >= 0.3 is 6.03 Å². The molecule has 11 heteroatoms. The Morgan fingerprint density at radius 3 is 2.43 bits per heavy atom. The number of aliphatic hydroxyl groups excluding tert-OH is 2. The maximum absolute atomic E-state index is 12.4. The summed E-state index contributed by atoms with van der Waals surface area (Å²) in [6.45, 7) is 3.41. The van der Waals surface area contributed by atoms with Gasteiger partial charge in [0, 0.05) is 55.2 Å². The molecule has 10 nitrogen and oxygen atoms in total. The van der Waals surface area contributed by atoms with Crippen molar-refractivity contribution in [2.45, 2.75) is 139 Å². The maximum atomic E-state index is 12.4. The number of carbonyl (C=O) groups excluding carboxylic acids is 4. The van der Waals surface area contributed by atoms with E-state index >= 15 is 0 Å². The molecule has 6 unspecified atom stereocenters. The van der Waals surface area contributed by atoms with Crippen molar-refractivity contribution in [1.29, 1.82) is 0 Å². The van der Waals surface area contributed by atoms with Gasteiger partial charge in [-0.05, 0) is 57.8 Å². The quantitative estimate of drug-likeness (QED) is 0.0541. The molecule has 0 radical (unpaired) electrons. The van der Waals surface area contributed by atoms with Gasteiger partial charge in [-0.15, -0.1) is 0 Å². The number of amides is 4. The zero-order valence-electron chi connectivity index (χ0n) is 27.7. The second-order valence-corrected chi connectivity index (χ2v) is 14.4. The lowest BCUT2D eigenvalue weighted by molar-refractivity contribution is -0.122. The molecule has 46 heavy (non-hydrogen) atoms. The van der Waals surface area contributed by atoms with Crippen molar-refractivity contribution in [3.8, 4) is 0 Å². The molecular formula is C35H58N4O6S. The van der Waals surface area contributed by atoms with E-state index in [2.05, 4.69) is 28.2 Å². The Balaban J connectivity index is 1.13. The number of hydrogen-bond donors (Lipinski definition) is 6. The molecule has 0 aromatic rings. The lowest BCUT2D eigenvalue weighted by atomic mass is 9.90. The number of rotatable bonds is 23. The van der Waals surface area contributed by atoms with Crippen molar-refractivity contribution in [2.24, 2.45) is 11.8 Å². The number of Topliss-reactive ketones (excluding diaryl/α,β-unsaturated/α-hetero) is 1. The van der Waals surface area contributed by atoms with Crippen LogP contribution in [0.4, 0.5) is 4.79 Å². The lowest BCUT2D eigenvalue weighted by Crippen LogP contribution is -2.36. The summed E-state index contributed by atoms with van der Waals surface area (Å²) in [5, 5.41) is 32.9. The van der Waals surface area contributed by atoms with Crippen molar-refractivity contribution in [3.05, 3.63) is 24.3 Å². The van der Waals surface area contributed by atoms with Gasteiger partial charge in [0.2, 0.25) is 11.8 Å². The number of ketones is 1. The third-order valence-electron chi connectivity index (χ3n) is 9.30. The molecule has 0 bridgehead atoms. The zero-order valence-corrected chi connectivity index (χ0v) is 28.5. The van der Waals surface area contributed by atoms with Gasteiger partial charge in [0.25, 0.3) is 0 Å². The minimum absolute atomic E-state index is 0.0385. The van der Waals surface area contributed by atoms with Crippen molar-refractivity contribution < 1.29 is 29.4 Å². The fourth-order valence-corrected chi connectivity index (χ4v) is 8.10. The summed E-state index contributed by atoms with van der Waals surface area (Å²) < 4.78 is 0. The molecule has 0 aromatic carbocycles. The van der Waals surface area contributed by atoms with Gasteiger partial charge in [-0.2, -0.15) is 11.8 Å². The molecule has 260 valence electrons. The van der Waals surface area contributed by atoms with Gasteiger partial charge in [0.05, 0.1) is 24.3 Å². The van der Waals surface area contributed by atoms with Crippen LogP contribution in [0.1, 0.15) is 110 Å². The van der Waals surface area contributed by atoms with Crippen LogP contribution in [0.3, 0.4) is 0 Å². The monoisotopic (exact) mass is 662 g/mol. The number of thioether (sulfide) groups is 1. The molecule has 0 spiro atoms. The second-order valence-electron chi connectivity index (χ2n) is 13.1. The largest absolute Gasteiger partial charge is 0.392 e. The first kappa shape index (κ1) is 38.1. The molecule has 2 saturated heterocycles. The molecule has 3 aliphatic rings. The SMILES string of the molecule is CCCCCC(O)/C=C/[C@H]1C(O)CC(=O)C1CC=CCCCC(=O)NCCCCCNC(=O)CCCCC1SCC2NC(=O)NC21. The number of fused-ring (bicyclic) bond motifs is 1. The molecule has 1 aliphatic carbocycles. The lowest BCUT2D eigenvalue weighted by Gasteiger charge is -2.16. The smallest absolute Gasteiger partial charge is 0.315 e. The highest BCUT2D eigenvalue weighted by atomic mass is 32.2. The van der Waals surface area contributed by atoms with Crippen LogP contribution in [-0.2, 0) is 14.4 Å². The Morgan fingerprint density at radius 2 is 1.70 bits per heavy atom. The number of hydrogen-bond acceptors (Lipinski definition) is 7. The van der Waals surface area contributed by atoms with E-state index in [-0.39, 0.29) is 54.0 Å². The predicted molar refractivity (Wildman–Crippen MR) is 183 cm³/mol. The van der Waals surface area contributed by atoms with Crippen LogP contribution >= 0.6 is 11.8 Å². The minimum atomic E-state index is -0.694. The summed E-state index contributed by atoms with van der Waals surface area (Å²) in [6, 6.07) is 0.407. The standard InChI is InChI=1S/C35H58N4O6S/c1-2-3-7-14-25(40)19-20-27-26(29(41)23-30(27)42)15-8-4-5-9-17-32(43)36-21-12-6-13-22-37-33(44)18-11-10-16-31-34-28(24-46-31)38-35(45)39-34/h4,8,19-20,25-28,30-31,34,40,42H,2-3,5-7,9-18,21-24H2,1H3,(H,36,43)(H,37,44)(H2,38,39,45)/b8-4?,20-19+/t25?,26?,27-,28?,30?,31?,34?/m1/s1. The number of aliphatic hydroxyl groups is 2. The average molecular weight is 663 g/mol. The number of unbranched alkanes of at least 4 members (excludes halogenated alkanes) is 6.